The lowest BCUT2D eigenvalue weighted by Crippen LogP contribution is -2.36. The number of ketones is 1. The average molecular weight is 313 g/mol. The summed E-state index contributed by atoms with van der Waals surface area (Å²) in [6.07, 6.45) is 4.66. The van der Waals surface area contributed by atoms with Gasteiger partial charge in [0.1, 0.15) is 11.5 Å². The summed E-state index contributed by atoms with van der Waals surface area (Å²) >= 11 is 0. The highest BCUT2D eigenvalue weighted by molar-refractivity contribution is 6.08. The summed E-state index contributed by atoms with van der Waals surface area (Å²) in [4.78, 5) is 14.6. The number of phenols is 1. The summed E-state index contributed by atoms with van der Waals surface area (Å²) in [5, 5.41) is 10.2. The normalized spacial score (nSPS) is 16.0. The number of rotatable bonds is 5. The first-order chi connectivity index (χ1) is 11.2. The molecule has 0 unspecified atom stereocenters. The van der Waals surface area contributed by atoms with Gasteiger partial charge in [-0.15, -0.1) is 0 Å². The molecule has 5 heteroatoms. The number of phenolic OH excluding ortho intramolecular Hbond substituents is 1. The number of carbonyl (C=O) groups is 1. The molecule has 3 rings (SSSR count). The van der Waals surface area contributed by atoms with Crippen LogP contribution in [-0.2, 0) is 11.3 Å². The number of hydrogen-bond acceptors (Lipinski definition) is 5. The Hall–Kier alpha value is -2.37. The van der Waals surface area contributed by atoms with Crippen LogP contribution in [0.4, 0.5) is 0 Å². The van der Waals surface area contributed by atoms with Crippen molar-refractivity contribution in [1.82, 2.24) is 4.90 Å². The zero-order chi connectivity index (χ0) is 16.1. The Morgan fingerprint density at radius 2 is 2.04 bits per heavy atom. The first-order valence-corrected chi connectivity index (χ1v) is 7.61. The third kappa shape index (κ3) is 3.88. The van der Waals surface area contributed by atoms with Gasteiger partial charge in [0.25, 0.3) is 0 Å². The van der Waals surface area contributed by atoms with E-state index in [-0.39, 0.29) is 11.5 Å². The molecule has 2 aromatic rings. The Kier molecular flexibility index (Phi) is 4.90. The van der Waals surface area contributed by atoms with Crippen molar-refractivity contribution in [3.8, 4) is 5.75 Å². The number of furan rings is 1. The maximum Gasteiger partial charge on any atom is 0.186 e. The fourth-order valence-electron chi connectivity index (χ4n) is 2.59. The molecule has 0 radical (unpaired) electrons. The van der Waals surface area contributed by atoms with Crippen LogP contribution in [0.15, 0.2) is 47.1 Å². The van der Waals surface area contributed by atoms with Crippen LogP contribution in [0.3, 0.4) is 0 Å². The van der Waals surface area contributed by atoms with Gasteiger partial charge in [-0.25, -0.2) is 0 Å². The van der Waals surface area contributed by atoms with Gasteiger partial charge in [-0.1, -0.05) is 12.1 Å². The first kappa shape index (κ1) is 15.5. The van der Waals surface area contributed by atoms with Gasteiger partial charge in [0.05, 0.1) is 19.5 Å². The van der Waals surface area contributed by atoms with E-state index in [1.165, 1.54) is 6.08 Å². The standard InChI is InChI=1S/C18H19NO4/c20-17-5-1-4-15(16(17)13-19-8-11-22-12-9-19)18(21)7-6-14-3-2-10-23-14/h1-7,10,20H,8-9,11-13H2/b7-6+. The number of hydrogen-bond donors (Lipinski definition) is 1. The van der Waals surface area contributed by atoms with Crippen molar-refractivity contribution in [2.75, 3.05) is 26.3 Å². The van der Waals surface area contributed by atoms with E-state index in [1.807, 2.05) is 0 Å². The largest absolute Gasteiger partial charge is 0.508 e. The Balaban J connectivity index is 1.80. The quantitative estimate of drug-likeness (QED) is 0.679. The first-order valence-electron chi connectivity index (χ1n) is 7.61. The molecule has 1 aromatic heterocycles. The van der Waals surface area contributed by atoms with E-state index in [4.69, 9.17) is 9.15 Å². The summed E-state index contributed by atoms with van der Waals surface area (Å²) < 4.78 is 10.5. The van der Waals surface area contributed by atoms with E-state index in [2.05, 4.69) is 4.90 Å². The third-order valence-corrected chi connectivity index (χ3v) is 3.84. The van der Waals surface area contributed by atoms with Crippen LogP contribution in [0.1, 0.15) is 21.7 Å². The maximum atomic E-state index is 12.5. The molecule has 2 heterocycles. The molecule has 1 N–H and O–H groups in total. The molecular weight excluding hydrogens is 294 g/mol. The molecule has 0 spiro atoms. The zero-order valence-corrected chi connectivity index (χ0v) is 12.8. The van der Waals surface area contributed by atoms with Crippen LogP contribution >= 0.6 is 0 Å². The summed E-state index contributed by atoms with van der Waals surface area (Å²) in [6, 6.07) is 8.59. The van der Waals surface area contributed by atoms with Gasteiger partial charge in [-0.3, -0.25) is 9.69 Å². The van der Waals surface area contributed by atoms with Gasteiger partial charge in [-0.05, 0) is 30.4 Å². The summed E-state index contributed by atoms with van der Waals surface area (Å²) in [7, 11) is 0. The Bertz CT molecular complexity index is 685. The van der Waals surface area contributed by atoms with Crippen molar-refractivity contribution in [3.05, 3.63) is 59.6 Å². The molecule has 120 valence electrons. The number of morpholine rings is 1. The van der Waals surface area contributed by atoms with Crippen LogP contribution in [0.2, 0.25) is 0 Å². The average Bonchev–Trinajstić information content (AvgIpc) is 3.09. The van der Waals surface area contributed by atoms with Crippen LogP contribution in [0.25, 0.3) is 6.08 Å². The summed E-state index contributed by atoms with van der Waals surface area (Å²) in [5.41, 5.74) is 1.17. The Morgan fingerprint density at radius 3 is 2.78 bits per heavy atom. The van der Waals surface area contributed by atoms with Crippen molar-refractivity contribution < 1.29 is 19.1 Å². The van der Waals surface area contributed by atoms with Crippen LogP contribution in [0, 0.1) is 0 Å². The summed E-state index contributed by atoms with van der Waals surface area (Å²) in [6.45, 7) is 3.48. The van der Waals surface area contributed by atoms with Crippen molar-refractivity contribution >= 4 is 11.9 Å². The van der Waals surface area contributed by atoms with Crippen LogP contribution in [0.5, 0.6) is 5.75 Å². The van der Waals surface area contributed by atoms with Gasteiger partial charge < -0.3 is 14.3 Å². The Morgan fingerprint density at radius 1 is 1.22 bits per heavy atom. The molecule has 1 saturated heterocycles. The van der Waals surface area contributed by atoms with E-state index in [0.717, 1.165) is 13.1 Å². The second-order valence-electron chi connectivity index (χ2n) is 5.40. The van der Waals surface area contributed by atoms with E-state index >= 15 is 0 Å². The number of benzene rings is 1. The molecule has 1 aliphatic rings. The Labute approximate surface area is 134 Å². The van der Waals surface area contributed by atoms with Gasteiger partial charge in [0, 0.05) is 30.8 Å². The molecule has 5 nitrogen and oxygen atoms in total. The predicted molar refractivity (Wildman–Crippen MR) is 86.3 cm³/mol. The van der Waals surface area contributed by atoms with E-state index in [9.17, 15) is 9.90 Å². The molecule has 1 aliphatic heterocycles. The van der Waals surface area contributed by atoms with Crippen molar-refractivity contribution in [2.45, 2.75) is 6.54 Å². The van der Waals surface area contributed by atoms with Gasteiger partial charge in [0.2, 0.25) is 0 Å². The molecule has 0 aliphatic carbocycles. The van der Waals surface area contributed by atoms with Gasteiger partial charge in [0.15, 0.2) is 5.78 Å². The molecular formula is C18H19NO4. The van der Waals surface area contributed by atoms with Crippen LogP contribution < -0.4 is 0 Å². The lowest BCUT2D eigenvalue weighted by atomic mass is 10.0. The second kappa shape index (κ2) is 7.26. The van der Waals surface area contributed by atoms with E-state index in [1.54, 1.807) is 42.7 Å². The van der Waals surface area contributed by atoms with E-state index in [0.29, 0.717) is 36.6 Å². The highest BCUT2D eigenvalue weighted by atomic mass is 16.5. The van der Waals surface area contributed by atoms with Crippen LogP contribution in [-0.4, -0.2) is 42.1 Å². The predicted octanol–water partition coefficient (Wildman–Crippen LogP) is 2.71. The fraction of sp³-hybridized carbons (Fsp3) is 0.278. The SMILES string of the molecule is O=C(/C=C/c1ccco1)c1cccc(O)c1CN1CCOCC1. The van der Waals surface area contributed by atoms with Gasteiger partial charge in [-0.2, -0.15) is 0 Å². The zero-order valence-electron chi connectivity index (χ0n) is 12.8. The summed E-state index contributed by atoms with van der Waals surface area (Å²) in [5.74, 6) is 0.613. The number of aromatic hydroxyl groups is 1. The highest BCUT2D eigenvalue weighted by Gasteiger charge is 2.18. The molecule has 0 saturated carbocycles. The highest BCUT2D eigenvalue weighted by Crippen LogP contribution is 2.24. The minimum absolute atomic E-state index is 0.147. The lowest BCUT2D eigenvalue weighted by molar-refractivity contribution is 0.0338. The molecule has 0 atom stereocenters. The van der Waals surface area contributed by atoms with Crippen molar-refractivity contribution in [3.63, 3.8) is 0 Å². The van der Waals surface area contributed by atoms with E-state index < -0.39 is 0 Å². The number of nitrogens with zero attached hydrogens (tertiary/aromatic N) is 1. The maximum absolute atomic E-state index is 12.5. The second-order valence-corrected chi connectivity index (χ2v) is 5.40. The topological polar surface area (TPSA) is 62.9 Å². The molecule has 23 heavy (non-hydrogen) atoms. The monoisotopic (exact) mass is 313 g/mol. The molecule has 0 bridgehead atoms. The number of allylic oxidation sites excluding steroid dienone is 1. The molecule has 1 aromatic carbocycles. The van der Waals surface area contributed by atoms with Crippen molar-refractivity contribution in [2.24, 2.45) is 0 Å². The van der Waals surface area contributed by atoms with Gasteiger partial charge >= 0.3 is 0 Å². The molecule has 1 fully saturated rings. The fourth-order valence-corrected chi connectivity index (χ4v) is 2.59. The van der Waals surface area contributed by atoms with Crippen molar-refractivity contribution in [1.29, 1.82) is 0 Å². The minimum Gasteiger partial charge on any atom is -0.508 e. The minimum atomic E-state index is -0.152. The number of ether oxygens (including phenoxy) is 1. The molecule has 0 amide bonds. The third-order valence-electron chi connectivity index (χ3n) is 3.84. The number of carbonyl (C=O) groups excluding carboxylic acids is 1. The smallest absolute Gasteiger partial charge is 0.186 e. The lowest BCUT2D eigenvalue weighted by Gasteiger charge is -2.27.